The number of fused-ring (bicyclic) bond motifs is 4. The number of hydrogen-bond donors (Lipinski definition) is 0. The van der Waals surface area contributed by atoms with Gasteiger partial charge in [0.15, 0.2) is 0 Å². The second-order valence-corrected chi connectivity index (χ2v) is 13.7. The molecular weight excluding hydrogens is 655 g/mol. The molecular formula is C52H35NO. The zero-order valence-corrected chi connectivity index (χ0v) is 29.6. The number of furan rings is 1. The quantitative estimate of drug-likeness (QED) is 0.166. The molecule has 1 aromatic heterocycles. The van der Waals surface area contributed by atoms with Crippen molar-refractivity contribution in [3.63, 3.8) is 0 Å². The third-order valence-corrected chi connectivity index (χ3v) is 10.5. The van der Waals surface area contributed by atoms with E-state index in [0.29, 0.717) is 0 Å². The van der Waals surface area contributed by atoms with Crippen LogP contribution in [-0.4, -0.2) is 0 Å². The summed E-state index contributed by atoms with van der Waals surface area (Å²) in [6, 6.07) is 75.8. The van der Waals surface area contributed by atoms with Crippen LogP contribution in [0.5, 0.6) is 0 Å². The highest BCUT2D eigenvalue weighted by molar-refractivity contribution is 6.16. The van der Waals surface area contributed by atoms with Crippen LogP contribution in [0.15, 0.2) is 217 Å². The summed E-state index contributed by atoms with van der Waals surface area (Å²) in [6.07, 6.45) is 0. The van der Waals surface area contributed by atoms with Crippen molar-refractivity contribution in [1.82, 2.24) is 0 Å². The lowest BCUT2D eigenvalue weighted by Gasteiger charge is -2.28. The summed E-state index contributed by atoms with van der Waals surface area (Å²) in [4.78, 5) is 2.36. The zero-order chi connectivity index (χ0) is 35.8. The van der Waals surface area contributed by atoms with Gasteiger partial charge in [0.05, 0.1) is 5.69 Å². The Morgan fingerprint density at radius 2 is 0.889 bits per heavy atom. The number of anilines is 3. The maximum absolute atomic E-state index is 6.50. The van der Waals surface area contributed by atoms with Crippen LogP contribution >= 0.6 is 0 Å². The normalized spacial score (nSPS) is 11.3. The Balaban J connectivity index is 1.10. The van der Waals surface area contributed by atoms with Crippen LogP contribution in [0.2, 0.25) is 0 Å². The predicted molar refractivity (Wildman–Crippen MR) is 228 cm³/mol. The first-order valence-electron chi connectivity index (χ1n) is 18.4. The minimum Gasteiger partial charge on any atom is -0.456 e. The van der Waals surface area contributed by atoms with Crippen molar-refractivity contribution in [2.45, 2.75) is 0 Å². The molecule has 10 rings (SSSR count). The van der Waals surface area contributed by atoms with Crippen molar-refractivity contribution in [2.24, 2.45) is 0 Å². The minimum atomic E-state index is 0.886. The summed E-state index contributed by atoms with van der Waals surface area (Å²) in [6.45, 7) is 0. The van der Waals surface area contributed by atoms with E-state index in [1.165, 1.54) is 44.2 Å². The molecule has 0 aliphatic rings. The topological polar surface area (TPSA) is 16.4 Å². The number of para-hydroxylation sites is 2. The van der Waals surface area contributed by atoms with E-state index >= 15 is 0 Å². The highest BCUT2D eigenvalue weighted by Gasteiger charge is 2.21. The molecule has 1 heterocycles. The maximum atomic E-state index is 6.50. The van der Waals surface area contributed by atoms with Crippen molar-refractivity contribution in [3.05, 3.63) is 212 Å². The standard InChI is InChI=1S/C52H35NO/c1-4-15-37(16-5-1)44-32-29-41(33-47(44)38-17-6-2-7-18-38)36-27-30-43(31-28-36)53(42-21-8-3-9-22-42)49-25-13-12-23-45(49)46-24-14-26-50-52(46)48-34-39-19-10-11-20-40(39)35-51(48)54-50/h1-35H. The number of nitrogens with zero attached hydrogens (tertiary/aromatic N) is 1. The van der Waals surface area contributed by atoms with Gasteiger partial charge in [0, 0.05) is 27.7 Å². The van der Waals surface area contributed by atoms with E-state index in [1.807, 2.05) is 0 Å². The van der Waals surface area contributed by atoms with E-state index in [-0.39, 0.29) is 0 Å². The largest absolute Gasteiger partial charge is 0.456 e. The van der Waals surface area contributed by atoms with E-state index in [4.69, 9.17) is 4.42 Å². The van der Waals surface area contributed by atoms with E-state index < -0.39 is 0 Å². The zero-order valence-electron chi connectivity index (χ0n) is 29.6. The lowest BCUT2D eigenvalue weighted by atomic mass is 9.91. The summed E-state index contributed by atoms with van der Waals surface area (Å²) < 4.78 is 6.50. The van der Waals surface area contributed by atoms with Crippen molar-refractivity contribution < 1.29 is 4.42 Å². The fourth-order valence-corrected chi connectivity index (χ4v) is 7.89. The summed E-state index contributed by atoms with van der Waals surface area (Å²) in [7, 11) is 0. The van der Waals surface area contributed by atoms with Crippen LogP contribution in [0.1, 0.15) is 0 Å². The summed E-state index contributed by atoms with van der Waals surface area (Å²) >= 11 is 0. The molecule has 0 fully saturated rings. The van der Waals surface area contributed by atoms with Crippen LogP contribution in [-0.2, 0) is 0 Å². The van der Waals surface area contributed by atoms with Gasteiger partial charge >= 0.3 is 0 Å². The van der Waals surface area contributed by atoms with Crippen molar-refractivity contribution in [3.8, 4) is 44.5 Å². The molecule has 0 radical (unpaired) electrons. The smallest absolute Gasteiger partial charge is 0.136 e. The Morgan fingerprint density at radius 3 is 1.63 bits per heavy atom. The van der Waals surface area contributed by atoms with Crippen molar-refractivity contribution in [2.75, 3.05) is 4.90 Å². The van der Waals surface area contributed by atoms with E-state index in [1.54, 1.807) is 0 Å². The molecule has 0 atom stereocenters. The number of hydrogen-bond acceptors (Lipinski definition) is 2. The average Bonchev–Trinajstić information content (AvgIpc) is 3.62. The van der Waals surface area contributed by atoms with Gasteiger partial charge in [0.2, 0.25) is 0 Å². The van der Waals surface area contributed by atoms with E-state index in [0.717, 1.165) is 50.1 Å². The maximum Gasteiger partial charge on any atom is 0.136 e. The lowest BCUT2D eigenvalue weighted by molar-refractivity contribution is 0.669. The molecule has 10 aromatic rings. The van der Waals surface area contributed by atoms with Crippen LogP contribution < -0.4 is 4.90 Å². The first kappa shape index (κ1) is 31.6. The molecule has 0 aliphatic heterocycles. The highest BCUT2D eigenvalue weighted by Crippen LogP contribution is 2.45. The second kappa shape index (κ2) is 13.4. The first-order valence-corrected chi connectivity index (χ1v) is 18.4. The summed E-state index contributed by atoms with van der Waals surface area (Å²) in [5.74, 6) is 0. The number of rotatable bonds is 7. The monoisotopic (exact) mass is 689 g/mol. The molecule has 0 saturated heterocycles. The molecule has 0 spiro atoms. The third-order valence-electron chi connectivity index (χ3n) is 10.5. The predicted octanol–water partition coefficient (Wildman–Crippen LogP) is 14.9. The van der Waals surface area contributed by atoms with Crippen LogP contribution in [0, 0.1) is 0 Å². The van der Waals surface area contributed by atoms with Crippen molar-refractivity contribution in [1.29, 1.82) is 0 Å². The molecule has 0 aliphatic carbocycles. The molecule has 0 saturated carbocycles. The second-order valence-electron chi connectivity index (χ2n) is 13.7. The third kappa shape index (κ3) is 5.62. The Bertz CT molecular complexity index is 2910. The van der Waals surface area contributed by atoms with Gasteiger partial charge in [-0.2, -0.15) is 0 Å². The van der Waals surface area contributed by atoms with E-state index in [2.05, 4.69) is 217 Å². The molecule has 0 N–H and O–H groups in total. The Morgan fingerprint density at radius 1 is 0.315 bits per heavy atom. The molecule has 9 aromatic carbocycles. The van der Waals surface area contributed by atoms with Gasteiger partial charge in [-0.3, -0.25) is 0 Å². The van der Waals surface area contributed by atoms with Crippen LogP contribution in [0.25, 0.3) is 77.2 Å². The van der Waals surface area contributed by atoms with Gasteiger partial charge in [-0.25, -0.2) is 0 Å². The van der Waals surface area contributed by atoms with Gasteiger partial charge in [-0.05, 0) is 104 Å². The fourth-order valence-electron chi connectivity index (χ4n) is 7.89. The minimum absolute atomic E-state index is 0.886. The Hall–Kier alpha value is -7.16. The Labute approximate surface area is 314 Å². The Kier molecular flexibility index (Phi) is 7.85. The van der Waals surface area contributed by atoms with Gasteiger partial charge in [-0.1, -0.05) is 158 Å². The molecule has 54 heavy (non-hydrogen) atoms. The molecule has 254 valence electrons. The molecule has 0 unspecified atom stereocenters. The molecule has 0 amide bonds. The van der Waals surface area contributed by atoms with Crippen LogP contribution in [0.3, 0.4) is 0 Å². The summed E-state index contributed by atoms with van der Waals surface area (Å²) in [5.41, 5.74) is 14.5. The van der Waals surface area contributed by atoms with Gasteiger partial charge in [-0.15, -0.1) is 0 Å². The average molecular weight is 690 g/mol. The van der Waals surface area contributed by atoms with Crippen LogP contribution in [0.4, 0.5) is 17.1 Å². The molecule has 2 heteroatoms. The van der Waals surface area contributed by atoms with Gasteiger partial charge in [0.1, 0.15) is 11.2 Å². The molecule has 2 nitrogen and oxygen atoms in total. The van der Waals surface area contributed by atoms with Crippen molar-refractivity contribution >= 4 is 49.8 Å². The fraction of sp³-hybridized carbons (Fsp3) is 0. The van der Waals surface area contributed by atoms with Gasteiger partial charge in [0.25, 0.3) is 0 Å². The highest BCUT2D eigenvalue weighted by atomic mass is 16.3. The number of benzene rings is 9. The first-order chi connectivity index (χ1) is 26.8. The SMILES string of the molecule is c1ccc(-c2ccc(-c3ccc(N(c4ccccc4)c4ccccc4-c4cccc5oc6cc7ccccc7cc6c45)cc3)cc2-c2ccccc2)cc1. The van der Waals surface area contributed by atoms with Gasteiger partial charge < -0.3 is 9.32 Å². The summed E-state index contributed by atoms with van der Waals surface area (Å²) in [5, 5.41) is 4.63. The van der Waals surface area contributed by atoms with E-state index in [9.17, 15) is 0 Å². The molecule has 0 bridgehead atoms. The lowest BCUT2D eigenvalue weighted by Crippen LogP contribution is -2.11.